The summed E-state index contributed by atoms with van der Waals surface area (Å²) in [6.45, 7) is 1.98. The fraction of sp³-hybridized carbons (Fsp3) is 0.0769. The molecule has 0 bridgehead atoms. The Hall–Kier alpha value is -1.96. The largest absolute Gasteiger partial charge is 0.285 e. The van der Waals surface area contributed by atoms with Crippen molar-refractivity contribution in [3.63, 3.8) is 0 Å². The quantitative estimate of drug-likeness (QED) is 0.607. The maximum atomic E-state index is 11.6. The van der Waals surface area contributed by atoms with E-state index in [1.165, 1.54) is 0 Å². The lowest BCUT2D eigenvalue weighted by Crippen LogP contribution is -2.05. The molecule has 1 aliphatic rings. The summed E-state index contributed by atoms with van der Waals surface area (Å²) in [7, 11) is 0. The molecule has 0 N–H and O–H groups in total. The molecule has 0 radical (unpaired) electrons. The van der Waals surface area contributed by atoms with Gasteiger partial charge in [0.25, 0.3) is 0 Å². The molecular formula is C13H8O2. The first kappa shape index (κ1) is 8.36. The Morgan fingerprint density at radius 3 is 2.27 bits per heavy atom. The molecule has 72 valence electrons. The van der Waals surface area contributed by atoms with E-state index in [2.05, 4.69) is 0 Å². The number of benzene rings is 2. The monoisotopic (exact) mass is 196 g/mol. The van der Waals surface area contributed by atoms with Gasteiger partial charge in [-0.3, -0.25) is 9.59 Å². The Morgan fingerprint density at radius 1 is 0.867 bits per heavy atom. The second-order valence-electron chi connectivity index (χ2n) is 3.82. The van der Waals surface area contributed by atoms with E-state index in [1.807, 2.05) is 25.1 Å². The molecule has 0 heterocycles. The van der Waals surface area contributed by atoms with Gasteiger partial charge < -0.3 is 0 Å². The molecule has 0 amide bonds. The smallest absolute Gasteiger partial charge is 0.234 e. The number of carbonyl (C=O) groups excluding carboxylic acids is 2. The Morgan fingerprint density at radius 2 is 1.53 bits per heavy atom. The minimum atomic E-state index is -0.374. The van der Waals surface area contributed by atoms with E-state index in [9.17, 15) is 9.59 Å². The zero-order valence-corrected chi connectivity index (χ0v) is 8.20. The zero-order valence-electron chi connectivity index (χ0n) is 8.20. The highest BCUT2D eigenvalue weighted by atomic mass is 16.2. The summed E-state index contributed by atoms with van der Waals surface area (Å²) in [6, 6.07) is 9.12. The highest BCUT2D eigenvalue weighted by Gasteiger charge is 2.30. The predicted molar refractivity (Wildman–Crippen MR) is 57.3 cm³/mol. The van der Waals surface area contributed by atoms with Crippen LogP contribution in [0, 0.1) is 6.92 Å². The van der Waals surface area contributed by atoms with Gasteiger partial charge in [-0.25, -0.2) is 0 Å². The molecule has 0 spiro atoms. The molecule has 2 aromatic rings. The SMILES string of the molecule is Cc1ccc2c3c(cccc13)C(=O)C2=O. The molecule has 0 unspecified atom stereocenters. The highest BCUT2D eigenvalue weighted by Crippen LogP contribution is 2.32. The summed E-state index contributed by atoms with van der Waals surface area (Å²) in [5.74, 6) is -0.748. The normalized spacial score (nSPS) is 13.9. The molecule has 0 atom stereocenters. The van der Waals surface area contributed by atoms with E-state index in [0.29, 0.717) is 11.1 Å². The third-order valence-electron chi connectivity index (χ3n) is 2.95. The maximum Gasteiger partial charge on any atom is 0.234 e. The van der Waals surface area contributed by atoms with Crippen LogP contribution in [-0.2, 0) is 0 Å². The van der Waals surface area contributed by atoms with Crippen molar-refractivity contribution in [1.82, 2.24) is 0 Å². The number of Topliss-reactive ketones (excluding diaryl/α,β-unsaturated/α-hetero) is 2. The Kier molecular flexibility index (Phi) is 1.41. The molecule has 0 saturated heterocycles. The van der Waals surface area contributed by atoms with E-state index < -0.39 is 0 Å². The van der Waals surface area contributed by atoms with Gasteiger partial charge in [0.15, 0.2) is 0 Å². The summed E-state index contributed by atoms with van der Waals surface area (Å²) in [6.07, 6.45) is 0. The van der Waals surface area contributed by atoms with E-state index in [4.69, 9.17) is 0 Å². The van der Waals surface area contributed by atoms with Crippen LogP contribution in [-0.4, -0.2) is 11.6 Å². The van der Waals surface area contributed by atoms with Gasteiger partial charge in [-0.1, -0.05) is 24.3 Å². The third kappa shape index (κ3) is 0.885. The summed E-state index contributed by atoms with van der Waals surface area (Å²) >= 11 is 0. The van der Waals surface area contributed by atoms with Crippen molar-refractivity contribution in [2.24, 2.45) is 0 Å². The minimum absolute atomic E-state index is 0.374. The predicted octanol–water partition coefficient (Wildman–Crippen LogP) is 2.53. The Bertz CT molecular complexity index is 603. The molecule has 0 saturated carbocycles. The molecule has 2 nitrogen and oxygen atoms in total. The first-order chi connectivity index (χ1) is 7.20. The second-order valence-corrected chi connectivity index (χ2v) is 3.82. The number of carbonyl (C=O) groups is 2. The van der Waals surface area contributed by atoms with Crippen LogP contribution in [0.15, 0.2) is 30.3 Å². The Labute approximate surface area is 86.5 Å². The first-order valence-electron chi connectivity index (χ1n) is 4.81. The average Bonchev–Trinajstić information content (AvgIpc) is 2.50. The highest BCUT2D eigenvalue weighted by molar-refractivity contribution is 6.57. The van der Waals surface area contributed by atoms with Crippen LogP contribution in [0.3, 0.4) is 0 Å². The maximum absolute atomic E-state index is 11.6. The van der Waals surface area contributed by atoms with Crippen molar-refractivity contribution >= 4 is 22.3 Å². The van der Waals surface area contributed by atoms with Crippen molar-refractivity contribution in [2.45, 2.75) is 6.92 Å². The number of rotatable bonds is 0. The van der Waals surface area contributed by atoms with Gasteiger partial charge in [0, 0.05) is 16.5 Å². The molecule has 0 aliphatic heterocycles. The second kappa shape index (κ2) is 2.54. The molecule has 0 aromatic heterocycles. The fourth-order valence-electron chi connectivity index (χ4n) is 2.18. The van der Waals surface area contributed by atoms with Gasteiger partial charge in [0.1, 0.15) is 0 Å². The minimum Gasteiger partial charge on any atom is -0.285 e. The topological polar surface area (TPSA) is 34.1 Å². The van der Waals surface area contributed by atoms with Crippen molar-refractivity contribution in [3.05, 3.63) is 47.0 Å². The van der Waals surface area contributed by atoms with Crippen LogP contribution in [0.5, 0.6) is 0 Å². The van der Waals surface area contributed by atoms with E-state index >= 15 is 0 Å². The summed E-state index contributed by atoms with van der Waals surface area (Å²) < 4.78 is 0. The van der Waals surface area contributed by atoms with Crippen LogP contribution in [0.1, 0.15) is 26.3 Å². The van der Waals surface area contributed by atoms with E-state index in [0.717, 1.165) is 16.3 Å². The summed E-state index contributed by atoms with van der Waals surface area (Å²) in [5.41, 5.74) is 2.20. The van der Waals surface area contributed by atoms with Crippen molar-refractivity contribution in [2.75, 3.05) is 0 Å². The lowest BCUT2D eigenvalue weighted by molar-refractivity contribution is 0.0825. The molecule has 2 heteroatoms. The zero-order chi connectivity index (χ0) is 10.6. The first-order valence-corrected chi connectivity index (χ1v) is 4.81. The van der Waals surface area contributed by atoms with Crippen LogP contribution < -0.4 is 0 Å². The molecular weight excluding hydrogens is 188 g/mol. The molecule has 15 heavy (non-hydrogen) atoms. The van der Waals surface area contributed by atoms with Gasteiger partial charge in [-0.15, -0.1) is 0 Å². The summed E-state index contributed by atoms with van der Waals surface area (Å²) in [4.78, 5) is 23.3. The van der Waals surface area contributed by atoms with Crippen LogP contribution in [0.2, 0.25) is 0 Å². The van der Waals surface area contributed by atoms with Crippen molar-refractivity contribution < 1.29 is 9.59 Å². The van der Waals surface area contributed by atoms with Gasteiger partial charge in [-0.05, 0) is 23.9 Å². The fourth-order valence-corrected chi connectivity index (χ4v) is 2.18. The van der Waals surface area contributed by atoms with Crippen molar-refractivity contribution in [1.29, 1.82) is 0 Å². The summed E-state index contributed by atoms with van der Waals surface area (Å²) in [5, 5.41) is 1.83. The molecule has 3 rings (SSSR count). The number of ketones is 2. The number of aryl methyl sites for hydroxylation is 1. The standard InChI is InChI=1S/C13H8O2/c1-7-5-6-10-11-8(7)3-2-4-9(11)12(14)13(10)15/h2-6H,1H3. The number of hydrogen-bond acceptors (Lipinski definition) is 2. The lowest BCUT2D eigenvalue weighted by atomic mass is 10.0. The van der Waals surface area contributed by atoms with Crippen LogP contribution in [0.4, 0.5) is 0 Å². The average molecular weight is 196 g/mol. The molecule has 0 fully saturated rings. The van der Waals surface area contributed by atoms with E-state index in [1.54, 1.807) is 12.1 Å². The molecule has 1 aliphatic carbocycles. The number of hydrogen-bond donors (Lipinski definition) is 0. The third-order valence-corrected chi connectivity index (χ3v) is 2.95. The van der Waals surface area contributed by atoms with Crippen LogP contribution in [0.25, 0.3) is 10.8 Å². The van der Waals surface area contributed by atoms with Crippen molar-refractivity contribution in [3.8, 4) is 0 Å². The lowest BCUT2D eigenvalue weighted by Gasteiger charge is -2.02. The Balaban J connectivity index is 2.62. The van der Waals surface area contributed by atoms with Gasteiger partial charge in [-0.2, -0.15) is 0 Å². The van der Waals surface area contributed by atoms with E-state index in [-0.39, 0.29) is 11.6 Å². The van der Waals surface area contributed by atoms with Crippen LogP contribution >= 0.6 is 0 Å². The molecule has 2 aromatic carbocycles. The van der Waals surface area contributed by atoms with Gasteiger partial charge in [0.2, 0.25) is 11.6 Å². The van der Waals surface area contributed by atoms with Gasteiger partial charge in [0.05, 0.1) is 0 Å². The van der Waals surface area contributed by atoms with Gasteiger partial charge >= 0.3 is 0 Å².